The van der Waals surface area contributed by atoms with Gasteiger partial charge in [0.15, 0.2) is 10.9 Å². The molecule has 0 amide bonds. The van der Waals surface area contributed by atoms with Gasteiger partial charge >= 0.3 is 0 Å². The van der Waals surface area contributed by atoms with Crippen molar-refractivity contribution in [3.63, 3.8) is 0 Å². The Labute approximate surface area is 112 Å². The Morgan fingerprint density at radius 3 is 2.44 bits per heavy atom. The summed E-state index contributed by atoms with van der Waals surface area (Å²) in [6, 6.07) is 9.98. The lowest BCUT2D eigenvalue weighted by Gasteiger charge is -2.20. The summed E-state index contributed by atoms with van der Waals surface area (Å²) in [5.41, 5.74) is 0.961. The van der Waals surface area contributed by atoms with Crippen LogP contribution in [0.4, 0.5) is 0 Å². The molecule has 0 aliphatic heterocycles. The Morgan fingerprint density at radius 2 is 1.89 bits per heavy atom. The monoisotopic (exact) mass is 264 g/mol. The number of hydrogen-bond acceptors (Lipinski definition) is 2. The van der Waals surface area contributed by atoms with Crippen LogP contribution in [-0.2, 0) is 12.1 Å². The van der Waals surface area contributed by atoms with Crippen LogP contribution in [0, 0.1) is 0 Å². The molecule has 1 aromatic carbocycles. The first-order valence-corrected chi connectivity index (χ1v) is 6.27. The van der Waals surface area contributed by atoms with Gasteiger partial charge in [0, 0.05) is 0 Å². The molecule has 18 heavy (non-hydrogen) atoms. The lowest BCUT2D eigenvalue weighted by atomic mass is 10.1. The van der Waals surface area contributed by atoms with Crippen LogP contribution in [0.15, 0.2) is 36.5 Å². The van der Waals surface area contributed by atoms with E-state index in [1.165, 1.54) is 0 Å². The molecule has 0 spiro atoms. The van der Waals surface area contributed by atoms with Crippen LogP contribution in [0.3, 0.4) is 0 Å². The first-order valence-electron chi connectivity index (χ1n) is 5.89. The standard InChI is InChI=1S/C14H17ClN2O/c1-14(2,3)17-13(15)12(9-16-17)18-10-11-7-5-4-6-8-11/h4-9H,10H2,1-3H3. The van der Waals surface area contributed by atoms with E-state index >= 15 is 0 Å². The molecule has 0 radical (unpaired) electrons. The van der Waals surface area contributed by atoms with Crippen molar-refractivity contribution in [1.82, 2.24) is 9.78 Å². The van der Waals surface area contributed by atoms with Crippen molar-refractivity contribution in [1.29, 1.82) is 0 Å². The van der Waals surface area contributed by atoms with Gasteiger partial charge in [-0.15, -0.1) is 0 Å². The zero-order chi connectivity index (χ0) is 13.2. The topological polar surface area (TPSA) is 27.1 Å². The summed E-state index contributed by atoms with van der Waals surface area (Å²) in [7, 11) is 0. The van der Waals surface area contributed by atoms with Crippen LogP contribution < -0.4 is 4.74 Å². The van der Waals surface area contributed by atoms with Crippen molar-refractivity contribution in [3.05, 3.63) is 47.2 Å². The second-order valence-corrected chi connectivity index (χ2v) is 5.51. The van der Waals surface area contributed by atoms with Gasteiger partial charge in [0.1, 0.15) is 6.61 Å². The van der Waals surface area contributed by atoms with Crippen LogP contribution in [0.1, 0.15) is 26.3 Å². The maximum absolute atomic E-state index is 6.25. The fraction of sp³-hybridized carbons (Fsp3) is 0.357. The first kappa shape index (κ1) is 13.0. The normalized spacial score (nSPS) is 11.6. The van der Waals surface area contributed by atoms with E-state index in [9.17, 15) is 0 Å². The van der Waals surface area contributed by atoms with Gasteiger partial charge in [0.25, 0.3) is 0 Å². The molecule has 1 aromatic heterocycles. The average molecular weight is 265 g/mol. The molecule has 3 nitrogen and oxygen atoms in total. The van der Waals surface area contributed by atoms with Gasteiger partial charge in [-0.1, -0.05) is 41.9 Å². The van der Waals surface area contributed by atoms with Gasteiger partial charge in [-0.3, -0.25) is 0 Å². The number of nitrogens with zero attached hydrogens (tertiary/aromatic N) is 2. The van der Waals surface area contributed by atoms with E-state index in [1.807, 2.05) is 51.1 Å². The van der Waals surface area contributed by atoms with Gasteiger partial charge in [0.2, 0.25) is 0 Å². The summed E-state index contributed by atoms with van der Waals surface area (Å²) < 4.78 is 7.44. The summed E-state index contributed by atoms with van der Waals surface area (Å²) in [4.78, 5) is 0. The lowest BCUT2D eigenvalue weighted by molar-refractivity contribution is 0.302. The summed E-state index contributed by atoms with van der Waals surface area (Å²) >= 11 is 6.25. The van der Waals surface area contributed by atoms with E-state index in [0.717, 1.165) is 5.56 Å². The highest BCUT2D eigenvalue weighted by Crippen LogP contribution is 2.29. The molecule has 0 saturated heterocycles. The molecule has 4 heteroatoms. The quantitative estimate of drug-likeness (QED) is 0.841. The zero-order valence-electron chi connectivity index (χ0n) is 10.9. The van der Waals surface area contributed by atoms with Crippen molar-refractivity contribution in [2.45, 2.75) is 32.9 Å². The minimum Gasteiger partial charge on any atom is -0.484 e. The van der Waals surface area contributed by atoms with E-state index < -0.39 is 0 Å². The predicted octanol–water partition coefficient (Wildman–Crippen LogP) is 3.87. The fourth-order valence-electron chi connectivity index (χ4n) is 1.62. The molecule has 0 saturated carbocycles. The van der Waals surface area contributed by atoms with Crippen LogP contribution in [0.2, 0.25) is 5.15 Å². The van der Waals surface area contributed by atoms with Gasteiger partial charge in [-0.25, -0.2) is 4.68 Å². The SMILES string of the molecule is CC(C)(C)n1ncc(OCc2ccccc2)c1Cl. The van der Waals surface area contributed by atoms with Crippen LogP contribution in [0.5, 0.6) is 5.75 Å². The molecule has 1 heterocycles. The second kappa shape index (κ2) is 5.02. The van der Waals surface area contributed by atoms with Gasteiger partial charge in [-0.2, -0.15) is 5.10 Å². The third-order valence-corrected chi connectivity index (χ3v) is 2.90. The summed E-state index contributed by atoms with van der Waals surface area (Å²) in [6.07, 6.45) is 1.66. The van der Waals surface area contributed by atoms with Crippen molar-refractivity contribution < 1.29 is 4.74 Å². The molecule has 0 aliphatic rings. The van der Waals surface area contributed by atoms with E-state index in [4.69, 9.17) is 16.3 Å². The predicted molar refractivity (Wildman–Crippen MR) is 73.0 cm³/mol. The highest BCUT2D eigenvalue weighted by molar-refractivity contribution is 6.31. The number of ether oxygens (including phenoxy) is 1. The summed E-state index contributed by atoms with van der Waals surface area (Å²) in [5, 5.41) is 4.80. The minimum absolute atomic E-state index is 0.147. The first-order chi connectivity index (χ1) is 8.48. The minimum atomic E-state index is -0.147. The molecule has 0 fully saturated rings. The van der Waals surface area contributed by atoms with Gasteiger partial charge in [0.05, 0.1) is 11.7 Å². The van der Waals surface area contributed by atoms with Crippen molar-refractivity contribution >= 4 is 11.6 Å². The number of hydrogen-bond donors (Lipinski definition) is 0. The number of halogens is 1. The molecule has 0 N–H and O–H groups in total. The Morgan fingerprint density at radius 1 is 1.22 bits per heavy atom. The van der Waals surface area contributed by atoms with E-state index in [0.29, 0.717) is 17.5 Å². The van der Waals surface area contributed by atoms with Gasteiger partial charge in [-0.05, 0) is 26.3 Å². The average Bonchev–Trinajstić information content (AvgIpc) is 2.69. The molecular weight excluding hydrogens is 248 g/mol. The molecule has 0 bridgehead atoms. The third-order valence-electron chi connectivity index (χ3n) is 2.55. The van der Waals surface area contributed by atoms with E-state index in [-0.39, 0.29) is 5.54 Å². The zero-order valence-corrected chi connectivity index (χ0v) is 11.6. The highest BCUT2D eigenvalue weighted by Gasteiger charge is 2.20. The van der Waals surface area contributed by atoms with Crippen LogP contribution in [-0.4, -0.2) is 9.78 Å². The summed E-state index contributed by atoms with van der Waals surface area (Å²) in [5.74, 6) is 0.621. The Kier molecular flexibility index (Phi) is 3.62. The number of rotatable bonds is 3. The Bertz CT molecular complexity index is 514. The van der Waals surface area contributed by atoms with Crippen LogP contribution in [0.25, 0.3) is 0 Å². The largest absolute Gasteiger partial charge is 0.484 e. The van der Waals surface area contributed by atoms with E-state index in [2.05, 4.69) is 5.10 Å². The van der Waals surface area contributed by atoms with Crippen molar-refractivity contribution in [2.24, 2.45) is 0 Å². The van der Waals surface area contributed by atoms with Crippen molar-refractivity contribution in [2.75, 3.05) is 0 Å². The second-order valence-electron chi connectivity index (χ2n) is 5.16. The third kappa shape index (κ3) is 2.85. The summed E-state index contributed by atoms with van der Waals surface area (Å²) in [6.45, 7) is 6.64. The fourth-order valence-corrected chi connectivity index (χ4v) is 2.02. The molecule has 0 aliphatic carbocycles. The Hall–Kier alpha value is -1.48. The molecule has 96 valence electrons. The van der Waals surface area contributed by atoms with Crippen molar-refractivity contribution in [3.8, 4) is 5.75 Å². The number of benzene rings is 1. The maximum Gasteiger partial charge on any atom is 0.176 e. The molecule has 0 atom stereocenters. The smallest absolute Gasteiger partial charge is 0.176 e. The molecular formula is C14H17ClN2O. The van der Waals surface area contributed by atoms with Gasteiger partial charge < -0.3 is 4.74 Å². The molecule has 2 aromatic rings. The number of aromatic nitrogens is 2. The highest BCUT2D eigenvalue weighted by atomic mass is 35.5. The molecule has 0 unspecified atom stereocenters. The van der Waals surface area contributed by atoms with E-state index in [1.54, 1.807) is 10.9 Å². The maximum atomic E-state index is 6.25. The van der Waals surface area contributed by atoms with Crippen LogP contribution >= 0.6 is 11.6 Å². The molecule has 2 rings (SSSR count). The Balaban J connectivity index is 2.10. The lowest BCUT2D eigenvalue weighted by Crippen LogP contribution is -2.23.